The second-order valence-electron chi connectivity index (χ2n) is 7.03. The topological polar surface area (TPSA) is 78.0 Å². The van der Waals surface area contributed by atoms with E-state index >= 15 is 0 Å². The Morgan fingerprint density at radius 2 is 2.23 bits per heavy atom. The number of nitro benzene ring substituents is 1. The van der Waals surface area contributed by atoms with Crippen molar-refractivity contribution in [3.8, 4) is 0 Å². The number of fused-ring (bicyclic) bond motifs is 3. The summed E-state index contributed by atoms with van der Waals surface area (Å²) >= 11 is 1.63. The van der Waals surface area contributed by atoms with Crippen molar-refractivity contribution in [1.29, 1.82) is 0 Å². The molecule has 1 unspecified atom stereocenters. The lowest BCUT2D eigenvalue weighted by molar-refractivity contribution is -0.385. The Hall–Kier alpha value is -2.54. The van der Waals surface area contributed by atoms with Crippen LogP contribution in [0.1, 0.15) is 34.9 Å². The van der Waals surface area contributed by atoms with Gasteiger partial charge in [-0.15, -0.1) is 11.3 Å². The maximum absolute atomic E-state index is 13.1. The minimum absolute atomic E-state index is 0.0482. The van der Waals surface area contributed by atoms with E-state index in [0.29, 0.717) is 11.5 Å². The molecular weight excluding hydrogens is 350 g/mol. The van der Waals surface area contributed by atoms with Crippen LogP contribution in [-0.2, 0) is 19.4 Å². The monoisotopic (exact) mass is 369 g/mol. The van der Waals surface area contributed by atoms with Gasteiger partial charge in [0.25, 0.3) is 11.2 Å². The van der Waals surface area contributed by atoms with Crippen LogP contribution in [0.15, 0.2) is 29.3 Å². The van der Waals surface area contributed by atoms with Gasteiger partial charge in [-0.05, 0) is 43.2 Å². The fourth-order valence-electron chi connectivity index (χ4n) is 3.70. The molecule has 0 N–H and O–H groups in total. The van der Waals surface area contributed by atoms with Gasteiger partial charge in [-0.2, -0.15) is 0 Å². The first-order valence-electron chi connectivity index (χ1n) is 8.68. The maximum atomic E-state index is 13.1. The second kappa shape index (κ2) is 6.32. The molecule has 1 aromatic carbocycles. The highest BCUT2D eigenvalue weighted by Gasteiger charge is 2.23. The predicted molar refractivity (Wildman–Crippen MR) is 102 cm³/mol. The van der Waals surface area contributed by atoms with Gasteiger partial charge in [-0.1, -0.05) is 19.1 Å². The van der Waals surface area contributed by atoms with E-state index in [1.807, 2.05) is 6.07 Å². The van der Waals surface area contributed by atoms with E-state index in [2.05, 4.69) is 11.9 Å². The van der Waals surface area contributed by atoms with Gasteiger partial charge in [0.2, 0.25) is 0 Å². The summed E-state index contributed by atoms with van der Waals surface area (Å²) in [5.74, 6) is 0.644. The molecule has 7 heteroatoms. The number of benzene rings is 1. The Morgan fingerprint density at radius 3 is 3.00 bits per heavy atom. The number of hydrogen-bond donors (Lipinski definition) is 0. The Morgan fingerprint density at radius 1 is 1.42 bits per heavy atom. The third-order valence-electron chi connectivity index (χ3n) is 5.24. The van der Waals surface area contributed by atoms with E-state index in [0.717, 1.165) is 40.6 Å². The van der Waals surface area contributed by atoms with Crippen molar-refractivity contribution in [3.05, 3.63) is 66.6 Å². The van der Waals surface area contributed by atoms with Crippen LogP contribution in [0.5, 0.6) is 0 Å². The van der Waals surface area contributed by atoms with Gasteiger partial charge in [0.1, 0.15) is 4.83 Å². The van der Waals surface area contributed by atoms with Gasteiger partial charge in [-0.3, -0.25) is 19.5 Å². The van der Waals surface area contributed by atoms with E-state index in [1.54, 1.807) is 35.2 Å². The summed E-state index contributed by atoms with van der Waals surface area (Å²) in [6.45, 7) is 4.25. The van der Waals surface area contributed by atoms with Crippen molar-refractivity contribution in [1.82, 2.24) is 9.55 Å². The molecule has 4 rings (SSSR count). The van der Waals surface area contributed by atoms with Crippen LogP contribution in [0, 0.1) is 23.0 Å². The summed E-state index contributed by atoms with van der Waals surface area (Å²) < 4.78 is 1.57. The van der Waals surface area contributed by atoms with Crippen LogP contribution in [0.25, 0.3) is 10.2 Å². The molecule has 0 amide bonds. The Bertz CT molecular complexity index is 1080. The number of aromatic nitrogens is 2. The van der Waals surface area contributed by atoms with Crippen LogP contribution in [-0.4, -0.2) is 14.5 Å². The Labute approximate surface area is 154 Å². The molecule has 2 aromatic heterocycles. The summed E-state index contributed by atoms with van der Waals surface area (Å²) in [5.41, 5.74) is 2.54. The van der Waals surface area contributed by atoms with Crippen LogP contribution >= 0.6 is 11.3 Å². The highest BCUT2D eigenvalue weighted by atomic mass is 32.1. The number of hydrogen-bond acceptors (Lipinski definition) is 5. The number of nitrogens with zero attached hydrogens (tertiary/aromatic N) is 3. The standard InChI is InChI=1S/C19H19N3O3S/c1-11-6-7-14-16(8-11)26-18-17(14)19(23)21(10-20-18)9-13-4-3-5-15(12(13)2)22(24)25/h3-5,10-11H,6-9H2,1-2H3. The van der Waals surface area contributed by atoms with E-state index in [9.17, 15) is 14.9 Å². The number of thiophene rings is 1. The zero-order valence-corrected chi connectivity index (χ0v) is 15.5. The van der Waals surface area contributed by atoms with Crippen LogP contribution in [0.2, 0.25) is 0 Å². The minimum Gasteiger partial charge on any atom is -0.294 e. The largest absolute Gasteiger partial charge is 0.294 e. The lowest BCUT2D eigenvalue weighted by Crippen LogP contribution is -2.22. The third kappa shape index (κ3) is 2.72. The molecule has 0 saturated carbocycles. The molecule has 134 valence electrons. The first kappa shape index (κ1) is 16.9. The lowest BCUT2D eigenvalue weighted by Gasteiger charge is -2.17. The smallest absolute Gasteiger partial charge is 0.272 e. The number of nitro groups is 1. The van der Waals surface area contributed by atoms with Crippen molar-refractivity contribution >= 4 is 27.2 Å². The molecule has 0 bridgehead atoms. The molecule has 2 heterocycles. The molecule has 1 atom stereocenters. The van der Waals surface area contributed by atoms with Gasteiger partial charge < -0.3 is 0 Å². The van der Waals surface area contributed by atoms with Crippen molar-refractivity contribution in [3.63, 3.8) is 0 Å². The average Bonchev–Trinajstić information content (AvgIpc) is 2.96. The van der Waals surface area contributed by atoms with E-state index in [4.69, 9.17) is 0 Å². The highest BCUT2D eigenvalue weighted by molar-refractivity contribution is 7.18. The molecule has 26 heavy (non-hydrogen) atoms. The van der Waals surface area contributed by atoms with Crippen LogP contribution < -0.4 is 5.56 Å². The zero-order chi connectivity index (χ0) is 18.4. The first-order valence-corrected chi connectivity index (χ1v) is 9.50. The molecule has 0 radical (unpaired) electrons. The van der Waals surface area contributed by atoms with Crippen LogP contribution in [0.3, 0.4) is 0 Å². The number of rotatable bonds is 3. The van der Waals surface area contributed by atoms with Crippen molar-refractivity contribution in [2.75, 3.05) is 0 Å². The quantitative estimate of drug-likeness (QED) is 0.519. The summed E-state index contributed by atoms with van der Waals surface area (Å²) in [4.78, 5) is 30.4. The van der Waals surface area contributed by atoms with Gasteiger partial charge in [0.15, 0.2) is 0 Å². The highest BCUT2D eigenvalue weighted by Crippen LogP contribution is 2.35. The fraction of sp³-hybridized carbons (Fsp3) is 0.368. The van der Waals surface area contributed by atoms with Crippen molar-refractivity contribution in [2.24, 2.45) is 5.92 Å². The van der Waals surface area contributed by atoms with Crippen molar-refractivity contribution in [2.45, 2.75) is 39.7 Å². The molecular formula is C19H19N3O3S. The summed E-state index contributed by atoms with van der Waals surface area (Å²) in [7, 11) is 0. The van der Waals surface area contributed by atoms with Gasteiger partial charge in [0.05, 0.1) is 23.2 Å². The second-order valence-corrected chi connectivity index (χ2v) is 8.11. The number of aryl methyl sites for hydroxylation is 1. The molecule has 1 aliphatic rings. The van der Waals surface area contributed by atoms with E-state index < -0.39 is 0 Å². The van der Waals surface area contributed by atoms with Crippen molar-refractivity contribution < 1.29 is 4.92 Å². The summed E-state index contributed by atoms with van der Waals surface area (Å²) in [6.07, 6.45) is 4.60. The Balaban J connectivity index is 1.79. The lowest BCUT2D eigenvalue weighted by atomic mass is 9.89. The van der Waals surface area contributed by atoms with Gasteiger partial charge in [0, 0.05) is 16.5 Å². The molecule has 0 saturated heterocycles. The first-order chi connectivity index (χ1) is 12.5. The van der Waals surface area contributed by atoms with E-state index in [1.165, 1.54) is 10.9 Å². The summed E-state index contributed by atoms with van der Waals surface area (Å²) in [6, 6.07) is 4.97. The molecule has 0 aliphatic heterocycles. The summed E-state index contributed by atoms with van der Waals surface area (Å²) in [5, 5.41) is 11.9. The molecule has 0 fully saturated rings. The maximum Gasteiger partial charge on any atom is 0.272 e. The van der Waals surface area contributed by atoms with Gasteiger partial charge in [-0.25, -0.2) is 4.98 Å². The third-order valence-corrected chi connectivity index (χ3v) is 6.40. The molecule has 3 aromatic rings. The average molecular weight is 369 g/mol. The van der Waals surface area contributed by atoms with E-state index in [-0.39, 0.29) is 22.7 Å². The normalized spacial score (nSPS) is 16.6. The SMILES string of the molecule is Cc1c(Cn2cnc3sc4c(c3c2=O)CCC(C)C4)cccc1[N+](=O)[O-]. The minimum atomic E-state index is -0.389. The Kier molecular flexibility index (Phi) is 4.11. The van der Waals surface area contributed by atoms with Crippen LogP contribution in [0.4, 0.5) is 5.69 Å². The molecule has 1 aliphatic carbocycles. The predicted octanol–water partition coefficient (Wildman–Crippen LogP) is 3.85. The molecule has 0 spiro atoms. The fourth-order valence-corrected chi connectivity index (χ4v) is 5.04. The van der Waals surface area contributed by atoms with Gasteiger partial charge >= 0.3 is 0 Å². The molecule has 6 nitrogen and oxygen atoms in total. The zero-order valence-electron chi connectivity index (χ0n) is 14.7.